The minimum absolute atomic E-state index is 0.108. The summed E-state index contributed by atoms with van der Waals surface area (Å²) < 4.78 is 16.8. The molecule has 0 heterocycles. The van der Waals surface area contributed by atoms with Crippen molar-refractivity contribution < 1.29 is 28.6 Å². The number of carbonyl (C=O) groups excluding carboxylic acids is 3. The van der Waals surface area contributed by atoms with Gasteiger partial charge in [-0.3, -0.25) is 14.4 Å². The van der Waals surface area contributed by atoms with Gasteiger partial charge in [-0.25, -0.2) is 0 Å². The Morgan fingerprint density at radius 3 is 0.882 bits per heavy atom. The van der Waals surface area contributed by atoms with Crippen molar-refractivity contribution in [2.24, 2.45) is 0 Å². The van der Waals surface area contributed by atoms with E-state index in [1.165, 1.54) is 122 Å². The summed E-state index contributed by atoms with van der Waals surface area (Å²) in [5, 5.41) is 0. The number of ether oxygens (including phenoxy) is 3. The molecule has 0 aromatic heterocycles. The zero-order valence-electron chi connectivity index (χ0n) is 49.5. The van der Waals surface area contributed by atoms with Crippen LogP contribution in [0.2, 0.25) is 0 Å². The summed E-state index contributed by atoms with van der Waals surface area (Å²) in [5.74, 6) is -0.981. The van der Waals surface area contributed by atoms with E-state index in [9.17, 15) is 14.4 Å². The summed E-state index contributed by atoms with van der Waals surface area (Å²) in [7, 11) is 0. The van der Waals surface area contributed by atoms with Gasteiger partial charge in [0.25, 0.3) is 0 Å². The fourth-order valence-electron chi connectivity index (χ4n) is 8.44. The van der Waals surface area contributed by atoms with Crippen LogP contribution in [0.5, 0.6) is 0 Å². The van der Waals surface area contributed by atoms with Gasteiger partial charge in [0.15, 0.2) is 6.10 Å². The molecular formula is C70H116O6. The van der Waals surface area contributed by atoms with E-state index in [0.29, 0.717) is 19.3 Å². The largest absolute Gasteiger partial charge is 0.462 e. The predicted octanol–water partition coefficient (Wildman–Crippen LogP) is 21.6. The molecule has 1 atom stereocenters. The molecular weight excluding hydrogens is 937 g/mol. The Kier molecular flexibility index (Phi) is 59.9. The smallest absolute Gasteiger partial charge is 0.306 e. The maximum absolute atomic E-state index is 12.9. The first kappa shape index (κ1) is 71.8. The van der Waals surface area contributed by atoms with E-state index in [-0.39, 0.29) is 37.5 Å². The molecule has 0 bridgehead atoms. The molecule has 0 aliphatic rings. The van der Waals surface area contributed by atoms with Crippen LogP contribution in [0.4, 0.5) is 0 Å². The van der Waals surface area contributed by atoms with Gasteiger partial charge < -0.3 is 14.2 Å². The molecule has 0 aliphatic heterocycles. The molecule has 0 spiro atoms. The third kappa shape index (κ3) is 60.7. The third-order valence-corrected chi connectivity index (χ3v) is 13.2. The van der Waals surface area contributed by atoms with Crippen LogP contribution in [0.3, 0.4) is 0 Å². The molecule has 6 nitrogen and oxygen atoms in total. The van der Waals surface area contributed by atoms with Gasteiger partial charge in [0.05, 0.1) is 0 Å². The van der Waals surface area contributed by atoms with Gasteiger partial charge in [-0.15, -0.1) is 0 Å². The lowest BCUT2D eigenvalue weighted by molar-refractivity contribution is -0.167. The molecule has 6 heteroatoms. The van der Waals surface area contributed by atoms with Crippen molar-refractivity contribution in [3.8, 4) is 0 Å². The summed E-state index contributed by atoms with van der Waals surface area (Å²) in [5.41, 5.74) is 0. The van der Waals surface area contributed by atoms with Gasteiger partial charge in [0, 0.05) is 19.3 Å². The lowest BCUT2D eigenvalue weighted by Crippen LogP contribution is -2.30. The van der Waals surface area contributed by atoms with Gasteiger partial charge in [0.1, 0.15) is 13.2 Å². The Morgan fingerprint density at radius 2 is 0.539 bits per heavy atom. The van der Waals surface area contributed by atoms with Crippen LogP contribution in [0.1, 0.15) is 284 Å². The summed E-state index contributed by atoms with van der Waals surface area (Å²) >= 11 is 0. The second kappa shape index (κ2) is 63.3. The number of rotatable bonds is 56. The average Bonchev–Trinajstić information content (AvgIpc) is 3.42. The molecule has 0 saturated carbocycles. The second-order valence-corrected chi connectivity index (χ2v) is 20.6. The molecule has 0 amide bonds. The highest BCUT2D eigenvalue weighted by atomic mass is 16.6. The molecule has 0 saturated heterocycles. The third-order valence-electron chi connectivity index (χ3n) is 13.2. The first-order valence-electron chi connectivity index (χ1n) is 31.5. The van der Waals surface area contributed by atoms with Crippen LogP contribution in [0.15, 0.2) is 122 Å². The summed E-state index contributed by atoms with van der Waals surface area (Å²) in [6.07, 6.45) is 87.8. The van der Waals surface area contributed by atoms with Crippen molar-refractivity contribution >= 4 is 17.9 Å². The molecule has 0 radical (unpaired) electrons. The van der Waals surface area contributed by atoms with E-state index in [1.54, 1.807) is 0 Å². The Bertz CT molecular complexity index is 1590. The molecule has 0 aliphatic carbocycles. The summed E-state index contributed by atoms with van der Waals surface area (Å²) in [6, 6.07) is 0. The van der Waals surface area contributed by atoms with Crippen molar-refractivity contribution in [2.75, 3.05) is 13.2 Å². The monoisotopic (exact) mass is 1050 g/mol. The first-order valence-corrected chi connectivity index (χ1v) is 31.5. The topological polar surface area (TPSA) is 78.9 Å². The van der Waals surface area contributed by atoms with Gasteiger partial charge in [-0.1, -0.05) is 264 Å². The highest BCUT2D eigenvalue weighted by molar-refractivity contribution is 5.71. The van der Waals surface area contributed by atoms with Crippen LogP contribution in [0.25, 0.3) is 0 Å². The molecule has 0 fully saturated rings. The van der Waals surface area contributed by atoms with Crippen LogP contribution in [-0.4, -0.2) is 37.2 Å². The Morgan fingerprint density at radius 1 is 0.276 bits per heavy atom. The summed E-state index contributed by atoms with van der Waals surface area (Å²) in [4.78, 5) is 38.2. The minimum Gasteiger partial charge on any atom is -0.462 e. The van der Waals surface area contributed by atoms with Crippen LogP contribution in [-0.2, 0) is 28.6 Å². The Labute approximate surface area is 469 Å². The average molecular weight is 1050 g/mol. The van der Waals surface area contributed by atoms with E-state index < -0.39 is 6.10 Å². The van der Waals surface area contributed by atoms with Crippen LogP contribution < -0.4 is 0 Å². The van der Waals surface area contributed by atoms with Gasteiger partial charge in [-0.2, -0.15) is 0 Å². The van der Waals surface area contributed by atoms with Crippen molar-refractivity contribution in [1.29, 1.82) is 0 Å². The molecule has 0 N–H and O–H groups in total. The zero-order chi connectivity index (χ0) is 55.0. The van der Waals surface area contributed by atoms with Crippen molar-refractivity contribution in [3.05, 3.63) is 122 Å². The van der Waals surface area contributed by atoms with Crippen LogP contribution in [0, 0.1) is 0 Å². The van der Waals surface area contributed by atoms with Gasteiger partial charge in [-0.05, 0) is 122 Å². The Balaban J connectivity index is 4.38. The lowest BCUT2D eigenvalue weighted by atomic mass is 10.0. The minimum atomic E-state index is -0.818. The summed E-state index contributed by atoms with van der Waals surface area (Å²) in [6.45, 7) is 6.42. The molecule has 432 valence electrons. The fraction of sp³-hybridized carbons (Fsp3) is 0.671. The highest BCUT2D eigenvalue weighted by Gasteiger charge is 2.19. The standard InChI is InChI=1S/C70H116O6/c1-4-7-10-13-16-19-22-25-28-30-31-32-33-34-35-36-37-38-39-41-42-45-48-51-54-57-60-63-69(72)75-66-67(65-74-68(71)62-59-56-53-50-47-44-27-24-21-18-15-12-9-6-3)76-70(73)64-61-58-55-52-49-46-43-40-29-26-23-20-17-14-11-8-5-2/h8,11,15,17-18,20,22,24-27,29-31,33-34,43,46,52,55,67H,4-7,9-10,12-14,16,19,21,23,28,32,35-42,44-45,47-51,53-54,56-66H2,1-3H3/b11-8-,18-15-,20-17-,25-22-,27-24-,29-26-,31-30-,34-33-,46-43-,55-52-. The number of esters is 3. The normalized spacial score (nSPS) is 12.9. The van der Waals surface area contributed by atoms with E-state index >= 15 is 0 Å². The number of unbranched alkanes of at least 4 members (excludes halogenated alkanes) is 25. The van der Waals surface area contributed by atoms with Crippen molar-refractivity contribution in [3.63, 3.8) is 0 Å². The van der Waals surface area contributed by atoms with E-state index in [2.05, 4.69) is 142 Å². The lowest BCUT2D eigenvalue weighted by Gasteiger charge is -2.18. The molecule has 0 aromatic rings. The Hall–Kier alpha value is -4.19. The van der Waals surface area contributed by atoms with E-state index in [1.807, 2.05) is 0 Å². The van der Waals surface area contributed by atoms with Crippen molar-refractivity contribution in [1.82, 2.24) is 0 Å². The number of hydrogen-bond donors (Lipinski definition) is 0. The molecule has 0 rings (SSSR count). The fourth-order valence-corrected chi connectivity index (χ4v) is 8.44. The van der Waals surface area contributed by atoms with E-state index in [0.717, 1.165) is 116 Å². The number of carbonyl (C=O) groups is 3. The van der Waals surface area contributed by atoms with Crippen molar-refractivity contribution in [2.45, 2.75) is 290 Å². The molecule has 76 heavy (non-hydrogen) atoms. The second-order valence-electron chi connectivity index (χ2n) is 20.6. The number of allylic oxidation sites excluding steroid dienone is 20. The zero-order valence-corrected chi connectivity index (χ0v) is 49.5. The SMILES string of the molecule is CC/C=C\C/C=C\C/C=C\C/C=C\C/C=C\CCCC(=O)OC(COC(=O)CCCCCCC/C=C\C/C=C\CCCC)COC(=O)CCCCCCCCCCCCCC/C=C\C/C=C\C/C=C\CCCCCCC. The molecule has 1 unspecified atom stereocenters. The quantitative estimate of drug-likeness (QED) is 0.0261. The highest BCUT2D eigenvalue weighted by Crippen LogP contribution is 2.15. The predicted molar refractivity (Wildman–Crippen MR) is 330 cm³/mol. The van der Waals surface area contributed by atoms with E-state index in [4.69, 9.17) is 14.2 Å². The first-order chi connectivity index (χ1) is 37.5. The maximum atomic E-state index is 12.9. The number of hydrogen-bond acceptors (Lipinski definition) is 6. The maximum Gasteiger partial charge on any atom is 0.306 e. The van der Waals surface area contributed by atoms with Gasteiger partial charge in [0.2, 0.25) is 0 Å². The van der Waals surface area contributed by atoms with Gasteiger partial charge >= 0.3 is 17.9 Å². The molecule has 0 aromatic carbocycles. The van der Waals surface area contributed by atoms with Crippen LogP contribution >= 0.6 is 0 Å².